The van der Waals surface area contributed by atoms with Crippen LogP contribution in [0.1, 0.15) is 12.0 Å². The minimum Gasteiger partial charge on any atom is -0.494 e. The van der Waals surface area contributed by atoms with Gasteiger partial charge in [-0.2, -0.15) is 0 Å². The Morgan fingerprint density at radius 2 is 1.95 bits per heavy atom. The second-order valence-electron chi connectivity index (χ2n) is 5.28. The number of ether oxygens (including phenoxy) is 1. The molecule has 0 radical (unpaired) electrons. The van der Waals surface area contributed by atoms with Crippen LogP contribution in [0.2, 0.25) is 0 Å². The Morgan fingerprint density at radius 1 is 1.14 bits per heavy atom. The van der Waals surface area contributed by atoms with E-state index in [2.05, 4.69) is 4.90 Å². The standard InChI is InChI=1S/C17H19FN2O/c18-14-3-2-13-8-10-20(17(13)12-14)9-1-11-21-16-6-4-15(19)5-7-16/h2-7,12H,1,8-11,19H2. The number of halogens is 1. The van der Waals surface area contributed by atoms with Gasteiger partial charge in [-0.1, -0.05) is 6.07 Å². The molecule has 110 valence electrons. The van der Waals surface area contributed by atoms with Gasteiger partial charge in [0, 0.05) is 24.5 Å². The quantitative estimate of drug-likeness (QED) is 0.677. The third kappa shape index (κ3) is 3.27. The van der Waals surface area contributed by atoms with Gasteiger partial charge in [0.2, 0.25) is 0 Å². The number of benzene rings is 2. The Hall–Kier alpha value is -2.23. The van der Waals surface area contributed by atoms with Crippen molar-refractivity contribution in [3.63, 3.8) is 0 Å². The van der Waals surface area contributed by atoms with Crippen molar-refractivity contribution in [3.8, 4) is 5.75 Å². The van der Waals surface area contributed by atoms with E-state index in [4.69, 9.17) is 10.5 Å². The maximum absolute atomic E-state index is 13.3. The maximum atomic E-state index is 13.3. The van der Waals surface area contributed by atoms with Gasteiger partial charge in [0.25, 0.3) is 0 Å². The summed E-state index contributed by atoms with van der Waals surface area (Å²) >= 11 is 0. The maximum Gasteiger partial charge on any atom is 0.125 e. The van der Waals surface area contributed by atoms with Crippen molar-refractivity contribution < 1.29 is 9.13 Å². The zero-order chi connectivity index (χ0) is 14.7. The Balaban J connectivity index is 1.49. The average Bonchev–Trinajstić information content (AvgIpc) is 2.88. The van der Waals surface area contributed by atoms with E-state index in [9.17, 15) is 4.39 Å². The van der Waals surface area contributed by atoms with Gasteiger partial charge in [-0.15, -0.1) is 0 Å². The van der Waals surface area contributed by atoms with Gasteiger partial charge in [0.1, 0.15) is 11.6 Å². The molecule has 4 heteroatoms. The van der Waals surface area contributed by atoms with Crippen molar-refractivity contribution in [1.29, 1.82) is 0 Å². The predicted octanol–water partition coefficient (Wildman–Crippen LogP) is 3.24. The van der Waals surface area contributed by atoms with Crippen LogP contribution in [-0.2, 0) is 6.42 Å². The smallest absolute Gasteiger partial charge is 0.125 e. The minimum absolute atomic E-state index is 0.168. The fourth-order valence-electron chi connectivity index (χ4n) is 2.66. The largest absolute Gasteiger partial charge is 0.494 e. The Bertz CT molecular complexity index is 613. The molecule has 2 aromatic rings. The zero-order valence-electron chi connectivity index (χ0n) is 11.9. The molecule has 0 atom stereocenters. The summed E-state index contributed by atoms with van der Waals surface area (Å²) in [4.78, 5) is 2.23. The molecule has 21 heavy (non-hydrogen) atoms. The van der Waals surface area contributed by atoms with Crippen LogP contribution in [0.4, 0.5) is 15.8 Å². The van der Waals surface area contributed by atoms with Gasteiger partial charge in [0.15, 0.2) is 0 Å². The highest BCUT2D eigenvalue weighted by Crippen LogP contribution is 2.28. The van der Waals surface area contributed by atoms with Crippen LogP contribution in [0, 0.1) is 5.82 Å². The van der Waals surface area contributed by atoms with E-state index in [0.717, 1.165) is 43.1 Å². The second-order valence-corrected chi connectivity index (χ2v) is 5.28. The summed E-state index contributed by atoms with van der Waals surface area (Å²) < 4.78 is 19.0. The normalized spacial score (nSPS) is 13.3. The summed E-state index contributed by atoms with van der Waals surface area (Å²) in [5.41, 5.74) is 8.63. The SMILES string of the molecule is Nc1ccc(OCCCN2CCc3ccc(F)cc32)cc1. The molecule has 3 rings (SSSR count). The van der Waals surface area contributed by atoms with Crippen molar-refractivity contribution in [2.24, 2.45) is 0 Å². The van der Waals surface area contributed by atoms with E-state index in [1.165, 1.54) is 11.6 Å². The highest BCUT2D eigenvalue weighted by molar-refractivity contribution is 5.58. The summed E-state index contributed by atoms with van der Waals surface area (Å²) in [6.07, 6.45) is 1.90. The zero-order valence-corrected chi connectivity index (χ0v) is 11.9. The van der Waals surface area contributed by atoms with E-state index in [1.807, 2.05) is 30.3 Å². The van der Waals surface area contributed by atoms with Crippen molar-refractivity contribution in [2.45, 2.75) is 12.8 Å². The first-order valence-corrected chi connectivity index (χ1v) is 7.24. The number of nitrogens with zero attached hydrogens (tertiary/aromatic N) is 1. The van der Waals surface area contributed by atoms with Gasteiger partial charge in [-0.05, 0) is 54.8 Å². The first kappa shape index (κ1) is 13.7. The Labute approximate surface area is 124 Å². The molecule has 0 fully saturated rings. The first-order valence-electron chi connectivity index (χ1n) is 7.24. The molecule has 1 heterocycles. The molecule has 0 bridgehead atoms. The number of hydrogen-bond donors (Lipinski definition) is 1. The van der Waals surface area contributed by atoms with Gasteiger partial charge in [0.05, 0.1) is 6.61 Å². The summed E-state index contributed by atoms with van der Waals surface area (Å²) in [5.74, 6) is 0.663. The number of hydrogen-bond acceptors (Lipinski definition) is 3. The van der Waals surface area contributed by atoms with Gasteiger partial charge in [-0.3, -0.25) is 0 Å². The summed E-state index contributed by atoms with van der Waals surface area (Å²) in [5, 5.41) is 0. The molecule has 1 aliphatic rings. The summed E-state index contributed by atoms with van der Waals surface area (Å²) in [6, 6.07) is 12.4. The van der Waals surface area contributed by atoms with Crippen molar-refractivity contribution in [2.75, 3.05) is 30.3 Å². The molecule has 2 aromatic carbocycles. The number of rotatable bonds is 5. The molecule has 0 saturated carbocycles. The van der Waals surface area contributed by atoms with Crippen molar-refractivity contribution >= 4 is 11.4 Å². The van der Waals surface area contributed by atoms with E-state index in [-0.39, 0.29) is 5.82 Å². The fraction of sp³-hybridized carbons (Fsp3) is 0.294. The number of nitrogen functional groups attached to an aromatic ring is 1. The van der Waals surface area contributed by atoms with Crippen LogP contribution in [0.15, 0.2) is 42.5 Å². The minimum atomic E-state index is -0.168. The van der Waals surface area contributed by atoms with Crippen LogP contribution in [0.3, 0.4) is 0 Å². The van der Waals surface area contributed by atoms with E-state index in [0.29, 0.717) is 6.61 Å². The number of fused-ring (bicyclic) bond motifs is 1. The molecule has 2 N–H and O–H groups in total. The predicted molar refractivity (Wildman–Crippen MR) is 83.3 cm³/mol. The molecule has 0 aromatic heterocycles. The molecule has 0 spiro atoms. The van der Waals surface area contributed by atoms with Gasteiger partial charge >= 0.3 is 0 Å². The lowest BCUT2D eigenvalue weighted by molar-refractivity contribution is 0.312. The lowest BCUT2D eigenvalue weighted by atomic mass is 10.2. The lowest BCUT2D eigenvalue weighted by Gasteiger charge is -2.19. The third-order valence-electron chi connectivity index (χ3n) is 3.76. The highest BCUT2D eigenvalue weighted by atomic mass is 19.1. The molecule has 3 nitrogen and oxygen atoms in total. The molecule has 1 aliphatic heterocycles. The number of nitrogens with two attached hydrogens (primary N) is 1. The molecule has 0 aliphatic carbocycles. The third-order valence-corrected chi connectivity index (χ3v) is 3.76. The van der Waals surface area contributed by atoms with Gasteiger partial charge in [-0.25, -0.2) is 4.39 Å². The van der Waals surface area contributed by atoms with Gasteiger partial charge < -0.3 is 15.4 Å². The molecule has 0 saturated heterocycles. The molecule has 0 unspecified atom stereocenters. The van der Waals surface area contributed by atoms with E-state index >= 15 is 0 Å². The highest BCUT2D eigenvalue weighted by Gasteiger charge is 2.18. The topological polar surface area (TPSA) is 38.5 Å². The van der Waals surface area contributed by atoms with Crippen LogP contribution in [-0.4, -0.2) is 19.7 Å². The second kappa shape index (κ2) is 6.04. The lowest BCUT2D eigenvalue weighted by Crippen LogP contribution is -2.23. The summed E-state index contributed by atoms with van der Waals surface area (Å²) in [7, 11) is 0. The first-order chi connectivity index (χ1) is 10.2. The van der Waals surface area contributed by atoms with Crippen LogP contribution < -0.4 is 15.4 Å². The monoisotopic (exact) mass is 286 g/mol. The molecular weight excluding hydrogens is 267 g/mol. The van der Waals surface area contributed by atoms with Crippen molar-refractivity contribution in [1.82, 2.24) is 0 Å². The fourth-order valence-corrected chi connectivity index (χ4v) is 2.66. The Kier molecular flexibility index (Phi) is 3.95. The van der Waals surface area contributed by atoms with Crippen LogP contribution in [0.25, 0.3) is 0 Å². The Morgan fingerprint density at radius 3 is 2.76 bits per heavy atom. The summed E-state index contributed by atoms with van der Waals surface area (Å²) in [6.45, 7) is 2.48. The average molecular weight is 286 g/mol. The molecule has 0 amide bonds. The van der Waals surface area contributed by atoms with Crippen LogP contribution >= 0.6 is 0 Å². The molecular formula is C17H19FN2O. The van der Waals surface area contributed by atoms with E-state index in [1.54, 1.807) is 6.07 Å². The number of anilines is 2. The van der Waals surface area contributed by atoms with Crippen LogP contribution in [0.5, 0.6) is 5.75 Å². The van der Waals surface area contributed by atoms with E-state index < -0.39 is 0 Å². The van der Waals surface area contributed by atoms with Crippen molar-refractivity contribution in [3.05, 3.63) is 53.8 Å².